The summed E-state index contributed by atoms with van der Waals surface area (Å²) in [4.78, 5) is 25.7. The molecular weight excluding hydrogens is 360 g/mol. The van der Waals surface area contributed by atoms with Crippen molar-refractivity contribution in [3.63, 3.8) is 0 Å². The number of nitroso groups, excluding NO2 is 1. The van der Waals surface area contributed by atoms with Crippen LogP contribution in [0.3, 0.4) is 0 Å². The average Bonchev–Trinajstić information content (AvgIpc) is 3.32. The van der Waals surface area contributed by atoms with Gasteiger partial charge in [-0.2, -0.15) is 0 Å². The molecule has 0 unspecified atom stereocenters. The molecule has 2 aromatic rings. The molecule has 1 amide bonds. The lowest BCUT2D eigenvalue weighted by atomic mass is 10.00. The fourth-order valence-electron chi connectivity index (χ4n) is 3.84. The number of carbonyl (C=O) groups excluding carboxylic acids is 1. The third kappa shape index (κ3) is 4.02. The molecule has 2 aromatic carbocycles. The summed E-state index contributed by atoms with van der Waals surface area (Å²) in [5.41, 5.74) is 6.21. The largest absolute Gasteiger partial charge is 0.312 e. The van der Waals surface area contributed by atoms with E-state index in [4.69, 9.17) is 0 Å². The monoisotopic (exact) mass is 382 g/mol. The van der Waals surface area contributed by atoms with Crippen LogP contribution in [0.4, 0.5) is 5.69 Å². The minimum atomic E-state index is 0.0373. The fraction of sp³-hybridized carbons (Fsp3) is 0.160. The Kier molecular flexibility index (Phi) is 5.34. The Bertz CT molecular complexity index is 1060. The summed E-state index contributed by atoms with van der Waals surface area (Å²) in [5, 5.41) is 3.12. The van der Waals surface area contributed by atoms with E-state index in [2.05, 4.69) is 23.9 Å². The Morgan fingerprint density at radius 3 is 2.55 bits per heavy atom. The lowest BCUT2D eigenvalue weighted by Gasteiger charge is -2.16. The molecule has 0 radical (unpaired) electrons. The van der Waals surface area contributed by atoms with Crippen LogP contribution >= 0.6 is 0 Å². The molecule has 29 heavy (non-hydrogen) atoms. The van der Waals surface area contributed by atoms with Gasteiger partial charge >= 0.3 is 0 Å². The van der Waals surface area contributed by atoms with Gasteiger partial charge in [0.2, 0.25) is 0 Å². The van der Waals surface area contributed by atoms with Crippen LogP contribution < -0.4 is 0 Å². The van der Waals surface area contributed by atoms with Crippen molar-refractivity contribution in [1.29, 1.82) is 0 Å². The van der Waals surface area contributed by atoms with E-state index >= 15 is 0 Å². The molecule has 1 saturated heterocycles. The lowest BCUT2D eigenvalue weighted by molar-refractivity contribution is -0.123. The Morgan fingerprint density at radius 2 is 1.76 bits per heavy atom. The molecule has 1 heterocycles. The van der Waals surface area contributed by atoms with Crippen LogP contribution in [0.2, 0.25) is 0 Å². The van der Waals surface area contributed by atoms with Gasteiger partial charge in [-0.25, -0.2) is 0 Å². The Morgan fingerprint density at radius 1 is 1.00 bits per heavy atom. The molecule has 0 atom stereocenters. The van der Waals surface area contributed by atoms with Gasteiger partial charge in [0, 0.05) is 29.8 Å². The molecule has 0 aromatic heterocycles. The number of amides is 1. The highest BCUT2D eigenvalue weighted by atomic mass is 16.3. The van der Waals surface area contributed by atoms with E-state index in [0.29, 0.717) is 25.1 Å². The SMILES string of the molecule is C=C1CC(=CC2=CC=C(c3ccccc3N=O)C2)C(=O)N1CCc1ccccc1. The van der Waals surface area contributed by atoms with Gasteiger partial charge in [0.1, 0.15) is 5.69 Å². The van der Waals surface area contributed by atoms with Gasteiger partial charge in [-0.3, -0.25) is 4.79 Å². The third-order valence-corrected chi connectivity index (χ3v) is 5.36. The topological polar surface area (TPSA) is 49.7 Å². The molecule has 1 fully saturated rings. The van der Waals surface area contributed by atoms with Gasteiger partial charge in [0.25, 0.3) is 5.91 Å². The zero-order chi connectivity index (χ0) is 20.2. The number of benzene rings is 2. The third-order valence-electron chi connectivity index (χ3n) is 5.36. The lowest BCUT2D eigenvalue weighted by Crippen LogP contribution is -2.26. The molecule has 0 saturated carbocycles. The van der Waals surface area contributed by atoms with Crippen LogP contribution in [0.1, 0.15) is 24.0 Å². The predicted octanol–water partition coefficient (Wildman–Crippen LogP) is 5.71. The van der Waals surface area contributed by atoms with E-state index < -0.39 is 0 Å². The van der Waals surface area contributed by atoms with Gasteiger partial charge in [-0.15, -0.1) is 4.91 Å². The number of hydrogen-bond acceptors (Lipinski definition) is 3. The molecule has 4 heteroatoms. The number of likely N-dealkylation sites (tertiary alicyclic amines) is 1. The van der Waals surface area contributed by atoms with E-state index in [9.17, 15) is 9.70 Å². The molecule has 144 valence electrons. The second kappa shape index (κ2) is 8.23. The van der Waals surface area contributed by atoms with Crippen LogP contribution in [-0.2, 0) is 11.2 Å². The molecule has 0 N–H and O–H groups in total. The average molecular weight is 382 g/mol. The van der Waals surface area contributed by atoms with Crippen molar-refractivity contribution in [1.82, 2.24) is 4.90 Å². The minimum absolute atomic E-state index is 0.0373. The highest BCUT2D eigenvalue weighted by Gasteiger charge is 2.29. The second-order valence-electron chi connectivity index (χ2n) is 7.32. The first kappa shape index (κ1) is 18.8. The van der Waals surface area contributed by atoms with Gasteiger partial charge in [0.05, 0.1) is 0 Å². The summed E-state index contributed by atoms with van der Waals surface area (Å²) >= 11 is 0. The molecule has 0 bridgehead atoms. The van der Waals surface area contributed by atoms with Gasteiger partial charge in [0.15, 0.2) is 0 Å². The highest BCUT2D eigenvalue weighted by Crippen LogP contribution is 2.36. The van der Waals surface area contributed by atoms with Crippen molar-refractivity contribution in [3.8, 4) is 0 Å². The van der Waals surface area contributed by atoms with E-state index in [0.717, 1.165) is 34.4 Å². The Balaban J connectivity index is 1.42. The smallest absolute Gasteiger partial charge is 0.254 e. The molecule has 1 aliphatic heterocycles. The summed E-state index contributed by atoms with van der Waals surface area (Å²) in [7, 11) is 0. The molecule has 0 spiro atoms. The Labute approximate surface area is 170 Å². The molecule has 4 rings (SSSR count). The quantitative estimate of drug-likeness (QED) is 0.474. The number of nitrogens with zero attached hydrogens (tertiary/aromatic N) is 2. The predicted molar refractivity (Wildman–Crippen MR) is 116 cm³/mol. The maximum Gasteiger partial charge on any atom is 0.254 e. The number of rotatable bonds is 6. The summed E-state index contributed by atoms with van der Waals surface area (Å²) in [5.74, 6) is 0.0373. The summed E-state index contributed by atoms with van der Waals surface area (Å²) in [6.45, 7) is 4.73. The first-order valence-electron chi connectivity index (χ1n) is 9.72. The van der Waals surface area contributed by atoms with Crippen molar-refractivity contribution in [2.24, 2.45) is 5.18 Å². The van der Waals surface area contributed by atoms with Crippen LogP contribution in [0.5, 0.6) is 0 Å². The first-order valence-corrected chi connectivity index (χ1v) is 9.72. The van der Waals surface area contributed by atoms with Crippen LogP contribution in [0, 0.1) is 4.91 Å². The molecule has 1 aliphatic carbocycles. The van der Waals surface area contributed by atoms with E-state index in [1.165, 1.54) is 5.56 Å². The first-order chi connectivity index (χ1) is 14.2. The highest BCUT2D eigenvalue weighted by molar-refractivity contribution is 5.98. The minimum Gasteiger partial charge on any atom is -0.312 e. The Hall–Kier alpha value is -3.53. The maximum absolute atomic E-state index is 12.9. The fourth-order valence-corrected chi connectivity index (χ4v) is 3.84. The van der Waals surface area contributed by atoms with Gasteiger partial charge in [-0.05, 0) is 46.9 Å². The van der Waals surface area contributed by atoms with Gasteiger partial charge in [-0.1, -0.05) is 67.3 Å². The summed E-state index contributed by atoms with van der Waals surface area (Å²) < 4.78 is 0. The van der Waals surface area contributed by atoms with Crippen LogP contribution in [0.15, 0.2) is 101 Å². The molecule has 2 aliphatic rings. The van der Waals surface area contributed by atoms with Crippen molar-refractivity contribution in [3.05, 3.63) is 112 Å². The van der Waals surface area contributed by atoms with Crippen molar-refractivity contribution < 1.29 is 4.79 Å². The molecule has 4 nitrogen and oxygen atoms in total. The van der Waals surface area contributed by atoms with Crippen LogP contribution in [-0.4, -0.2) is 17.4 Å². The zero-order valence-electron chi connectivity index (χ0n) is 16.2. The summed E-state index contributed by atoms with van der Waals surface area (Å²) in [6, 6.07) is 17.5. The van der Waals surface area contributed by atoms with E-state index in [1.807, 2.05) is 48.6 Å². The normalized spacial score (nSPS) is 17.7. The second-order valence-corrected chi connectivity index (χ2v) is 7.32. The van der Waals surface area contributed by atoms with E-state index in [-0.39, 0.29) is 5.91 Å². The van der Waals surface area contributed by atoms with Gasteiger partial charge < -0.3 is 4.90 Å². The van der Waals surface area contributed by atoms with Crippen molar-refractivity contribution in [2.75, 3.05) is 6.54 Å². The number of carbonyl (C=O) groups is 1. The zero-order valence-corrected chi connectivity index (χ0v) is 16.2. The standard InChI is InChI=1S/C25H22N2O2/c1-18-15-22(25(28)27(18)14-13-19-7-3-2-4-8-19)17-20-11-12-21(16-20)23-9-5-6-10-24(23)26-29/h2-12,17H,1,13-16H2. The van der Waals surface area contributed by atoms with E-state index in [1.54, 1.807) is 17.0 Å². The van der Waals surface area contributed by atoms with Crippen molar-refractivity contribution in [2.45, 2.75) is 19.3 Å². The maximum atomic E-state index is 12.9. The number of hydrogen-bond donors (Lipinski definition) is 0. The molecular formula is C25H22N2O2. The summed E-state index contributed by atoms with van der Waals surface area (Å²) in [6.07, 6.45) is 8.04. The van der Waals surface area contributed by atoms with Crippen molar-refractivity contribution >= 4 is 17.2 Å². The van der Waals surface area contributed by atoms with Crippen LogP contribution in [0.25, 0.3) is 5.57 Å². The number of allylic oxidation sites excluding steroid dienone is 6.